The number of hydrogen-bond acceptors (Lipinski definition) is 3. The molecule has 5 nitrogen and oxygen atoms in total. The van der Waals surface area contributed by atoms with Gasteiger partial charge in [-0.1, -0.05) is 33.1 Å². The van der Waals surface area contributed by atoms with E-state index in [0.29, 0.717) is 11.4 Å². The van der Waals surface area contributed by atoms with Crippen molar-refractivity contribution in [2.45, 2.75) is 76.9 Å². The molecular weight excluding hydrogens is 286 g/mol. The van der Waals surface area contributed by atoms with Gasteiger partial charge in [-0.25, -0.2) is 13.1 Å². The number of aryl methyl sites for hydroxylation is 1. The Morgan fingerprint density at radius 1 is 1.29 bits per heavy atom. The second kappa shape index (κ2) is 8.56. The molecule has 3 N–H and O–H groups in total. The molecule has 1 unspecified atom stereocenters. The summed E-state index contributed by atoms with van der Waals surface area (Å²) in [5.41, 5.74) is 6.54. The summed E-state index contributed by atoms with van der Waals surface area (Å²) >= 11 is 0. The molecule has 0 fully saturated rings. The molecule has 0 aliphatic rings. The maximum Gasteiger partial charge on any atom is 0.242 e. The topological polar surface area (TPSA) is 77.1 Å². The Balaban J connectivity index is 2.77. The zero-order valence-electron chi connectivity index (χ0n) is 13.4. The van der Waals surface area contributed by atoms with Crippen LogP contribution in [0.15, 0.2) is 17.2 Å². The van der Waals surface area contributed by atoms with E-state index in [-0.39, 0.29) is 6.04 Å². The van der Waals surface area contributed by atoms with Crippen molar-refractivity contribution in [1.82, 2.24) is 9.29 Å². The van der Waals surface area contributed by atoms with Gasteiger partial charge in [0.25, 0.3) is 0 Å². The van der Waals surface area contributed by atoms with E-state index in [4.69, 9.17) is 5.73 Å². The first-order valence-electron chi connectivity index (χ1n) is 7.86. The van der Waals surface area contributed by atoms with Crippen molar-refractivity contribution in [3.63, 3.8) is 0 Å². The Hall–Kier alpha value is -0.850. The Bertz CT molecular complexity index is 523. The summed E-state index contributed by atoms with van der Waals surface area (Å²) in [4.78, 5) is 0.318. The van der Waals surface area contributed by atoms with E-state index in [1.165, 1.54) is 0 Å². The van der Waals surface area contributed by atoms with Crippen LogP contribution in [-0.2, 0) is 23.1 Å². The molecule has 1 rings (SSSR count). The summed E-state index contributed by atoms with van der Waals surface area (Å²) in [6.07, 6.45) is 6.82. The first kappa shape index (κ1) is 18.2. The smallest absolute Gasteiger partial charge is 0.242 e. The summed E-state index contributed by atoms with van der Waals surface area (Å²) in [6.45, 7) is 7.25. The van der Waals surface area contributed by atoms with E-state index >= 15 is 0 Å². The van der Waals surface area contributed by atoms with Gasteiger partial charge in [0, 0.05) is 31.0 Å². The van der Waals surface area contributed by atoms with E-state index in [1.54, 1.807) is 12.3 Å². The van der Waals surface area contributed by atoms with Gasteiger partial charge in [0.05, 0.1) is 4.90 Å². The van der Waals surface area contributed by atoms with Gasteiger partial charge in [0.2, 0.25) is 10.0 Å². The van der Waals surface area contributed by atoms with E-state index < -0.39 is 10.0 Å². The molecule has 0 amide bonds. The number of hydrogen-bond donors (Lipinski definition) is 2. The number of nitrogens with zero attached hydrogens (tertiary/aromatic N) is 1. The molecule has 0 radical (unpaired) electrons. The second-order valence-electron chi connectivity index (χ2n) is 5.58. The molecule has 122 valence electrons. The van der Waals surface area contributed by atoms with E-state index in [2.05, 4.69) is 18.6 Å². The lowest BCUT2D eigenvalue weighted by Gasteiger charge is -2.13. The number of unbranched alkanes of at least 4 members (excludes halogenated alkanes) is 2. The van der Waals surface area contributed by atoms with Crippen molar-refractivity contribution < 1.29 is 8.42 Å². The van der Waals surface area contributed by atoms with Crippen molar-refractivity contribution in [3.8, 4) is 0 Å². The van der Waals surface area contributed by atoms with Crippen LogP contribution in [0.3, 0.4) is 0 Å². The quantitative estimate of drug-likeness (QED) is 0.652. The van der Waals surface area contributed by atoms with Crippen molar-refractivity contribution in [1.29, 1.82) is 0 Å². The van der Waals surface area contributed by atoms with Crippen LogP contribution in [0.2, 0.25) is 0 Å². The first-order chi connectivity index (χ1) is 9.94. The minimum Gasteiger partial charge on any atom is -0.349 e. The Morgan fingerprint density at radius 2 is 2.00 bits per heavy atom. The molecule has 6 heteroatoms. The van der Waals surface area contributed by atoms with Crippen molar-refractivity contribution in [2.24, 2.45) is 5.73 Å². The highest BCUT2D eigenvalue weighted by Crippen LogP contribution is 2.16. The molecule has 0 saturated carbocycles. The zero-order valence-corrected chi connectivity index (χ0v) is 14.2. The Kier molecular flexibility index (Phi) is 7.42. The molecule has 0 aromatic carbocycles. The van der Waals surface area contributed by atoms with Crippen LogP contribution in [0.4, 0.5) is 0 Å². The second-order valence-corrected chi connectivity index (χ2v) is 7.30. The number of rotatable bonds is 10. The third-order valence-corrected chi connectivity index (χ3v) is 5.10. The standard InChI is InChI=1S/C15H29N3O2S/c1-4-6-7-8-13(3)17-21(19,20)15-10-14(11-16)18(12-15)9-5-2/h10,12-13,17H,4-9,11,16H2,1-3H3. The summed E-state index contributed by atoms with van der Waals surface area (Å²) in [5, 5.41) is 0. The van der Waals surface area contributed by atoms with Crippen LogP contribution >= 0.6 is 0 Å². The normalized spacial score (nSPS) is 13.5. The highest BCUT2D eigenvalue weighted by Gasteiger charge is 2.20. The van der Waals surface area contributed by atoms with Crippen LogP contribution < -0.4 is 10.5 Å². The van der Waals surface area contributed by atoms with Crippen molar-refractivity contribution in [2.75, 3.05) is 0 Å². The van der Waals surface area contributed by atoms with Crippen LogP contribution in [0.25, 0.3) is 0 Å². The lowest BCUT2D eigenvalue weighted by molar-refractivity contribution is 0.527. The van der Waals surface area contributed by atoms with Crippen molar-refractivity contribution >= 4 is 10.0 Å². The molecule has 0 saturated heterocycles. The van der Waals surface area contributed by atoms with E-state index in [0.717, 1.165) is 44.3 Å². The SMILES string of the molecule is CCCCCC(C)NS(=O)(=O)c1cc(CN)n(CCC)c1. The summed E-state index contributed by atoms with van der Waals surface area (Å²) in [5.74, 6) is 0. The van der Waals surface area contributed by atoms with Gasteiger partial charge in [0.1, 0.15) is 0 Å². The van der Waals surface area contributed by atoms with Gasteiger partial charge < -0.3 is 10.3 Å². The monoisotopic (exact) mass is 315 g/mol. The third-order valence-electron chi connectivity index (χ3n) is 3.54. The maximum absolute atomic E-state index is 12.4. The molecule has 1 aromatic heterocycles. The fourth-order valence-corrected chi connectivity index (χ4v) is 3.73. The van der Waals surface area contributed by atoms with Crippen LogP contribution in [0, 0.1) is 0 Å². The molecule has 0 aliphatic heterocycles. The summed E-state index contributed by atoms with van der Waals surface area (Å²) in [7, 11) is -3.45. The summed E-state index contributed by atoms with van der Waals surface area (Å²) < 4.78 is 29.5. The molecular formula is C15H29N3O2S. The Morgan fingerprint density at radius 3 is 2.57 bits per heavy atom. The lowest BCUT2D eigenvalue weighted by atomic mass is 10.1. The van der Waals surface area contributed by atoms with Crippen LogP contribution in [0.5, 0.6) is 0 Å². The highest BCUT2D eigenvalue weighted by atomic mass is 32.2. The predicted molar refractivity (Wildman–Crippen MR) is 86.5 cm³/mol. The summed E-state index contributed by atoms with van der Waals surface area (Å²) in [6, 6.07) is 1.63. The Labute approximate surface area is 129 Å². The number of nitrogens with one attached hydrogen (secondary N) is 1. The maximum atomic E-state index is 12.4. The van der Waals surface area contributed by atoms with Crippen LogP contribution in [0.1, 0.15) is 58.6 Å². The highest BCUT2D eigenvalue weighted by molar-refractivity contribution is 7.89. The third kappa shape index (κ3) is 5.45. The number of sulfonamides is 1. The van der Waals surface area contributed by atoms with Crippen molar-refractivity contribution in [3.05, 3.63) is 18.0 Å². The fraction of sp³-hybridized carbons (Fsp3) is 0.733. The number of aromatic nitrogens is 1. The molecule has 0 aliphatic carbocycles. The largest absolute Gasteiger partial charge is 0.349 e. The minimum atomic E-state index is -3.45. The van der Waals surface area contributed by atoms with Gasteiger partial charge >= 0.3 is 0 Å². The minimum absolute atomic E-state index is 0.0441. The van der Waals surface area contributed by atoms with Crippen LogP contribution in [-0.4, -0.2) is 19.0 Å². The van der Waals surface area contributed by atoms with Gasteiger partial charge in [-0.15, -0.1) is 0 Å². The zero-order chi connectivity index (χ0) is 15.9. The molecule has 1 aromatic rings. The van der Waals surface area contributed by atoms with Gasteiger partial charge in [-0.2, -0.15) is 0 Å². The van der Waals surface area contributed by atoms with Gasteiger partial charge in [0.15, 0.2) is 0 Å². The number of nitrogens with two attached hydrogens (primary N) is 1. The fourth-order valence-electron chi connectivity index (χ4n) is 2.39. The average molecular weight is 315 g/mol. The molecule has 21 heavy (non-hydrogen) atoms. The molecule has 0 spiro atoms. The van der Waals surface area contributed by atoms with Gasteiger partial charge in [-0.3, -0.25) is 0 Å². The first-order valence-corrected chi connectivity index (χ1v) is 9.34. The molecule has 1 atom stereocenters. The molecule has 0 bridgehead atoms. The predicted octanol–water partition coefficient (Wildman–Crippen LogP) is 2.60. The lowest BCUT2D eigenvalue weighted by Crippen LogP contribution is -2.32. The molecule has 1 heterocycles. The van der Waals surface area contributed by atoms with E-state index in [9.17, 15) is 8.42 Å². The van der Waals surface area contributed by atoms with Gasteiger partial charge in [-0.05, 0) is 25.8 Å². The van der Waals surface area contributed by atoms with E-state index in [1.807, 2.05) is 11.5 Å². The average Bonchev–Trinajstić information content (AvgIpc) is 2.83.